The first-order valence-corrected chi connectivity index (χ1v) is 7.28. The third-order valence-corrected chi connectivity index (χ3v) is 3.93. The van der Waals surface area contributed by atoms with E-state index in [1.54, 1.807) is 0 Å². The lowest BCUT2D eigenvalue weighted by Gasteiger charge is -2.36. The lowest BCUT2D eigenvalue weighted by Crippen LogP contribution is -2.55. The Labute approximate surface area is 125 Å². The molecule has 1 heterocycles. The van der Waals surface area contributed by atoms with Gasteiger partial charge in [0.15, 0.2) is 0 Å². The van der Waals surface area contributed by atoms with Gasteiger partial charge in [-0.25, -0.2) is 6.07 Å². The standard InChI is InChI=1S/C15H14B3O3/c1-2-8-13(7-1)16-19-17(14-9-3-4-10-14)21-18(20-16)15-11-5-6-12-15/h1-14H/q-1. The Morgan fingerprint density at radius 2 is 1.38 bits per heavy atom. The van der Waals surface area contributed by atoms with Gasteiger partial charge in [-0.2, -0.15) is 23.7 Å². The molecule has 1 aliphatic heterocycles. The van der Waals surface area contributed by atoms with Crippen LogP contribution >= 0.6 is 0 Å². The average molecular weight is 275 g/mol. The lowest BCUT2D eigenvalue weighted by atomic mass is 9.58. The Morgan fingerprint density at radius 1 is 0.810 bits per heavy atom. The van der Waals surface area contributed by atoms with Crippen molar-refractivity contribution in [2.45, 2.75) is 11.6 Å². The van der Waals surface area contributed by atoms with Gasteiger partial charge in [0.05, 0.1) is 0 Å². The maximum atomic E-state index is 6.03. The summed E-state index contributed by atoms with van der Waals surface area (Å²) in [4.78, 5) is 0. The zero-order valence-corrected chi connectivity index (χ0v) is 11.5. The third-order valence-electron chi connectivity index (χ3n) is 3.93. The number of hydrogen-bond acceptors (Lipinski definition) is 3. The van der Waals surface area contributed by atoms with Crippen LogP contribution in [-0.2, 0) is 13.7 Å². The van der Waals surface area contributed by atoms with Gasteiger partial charge >= 0.3 is 21.4 Å². The zero-order chi connectivity index (χ0) is 14.1. The summed E-state index contributed by atoms with van der Waals surface area (Å²) in [5.41, 5.74) is 1.03. The van der Waals surface area contributed by atoms with E-state index < -0.39 is 0 Å². The van der Waals surface area contributed by atoms with Gasteiger partial charge in [0.1, 0.15) is 0 Å². The maximum Gasteiger partial charge on any atom is 0.440 e. The van der Waals surface area contributed by atoms with Crippen molar-refractivity contribution in [1.82, 2.24) is 0 Å². The van der Waals surface area contributed by atoms with E-state index in [1.165, 1.54) is 0 Å². The second kappa shape index (κ2) is 5.64. The molecule has 0 radical (unpaired) electrons. The molecular formula is C15H14B3O3-. The normalized spacial score (nSPS) is 22.2. The Hall–Kier alpha value is -1.62. The first-order chi connectivity index (χ1) is 10.4. The second-order valence-corrected chi connectivity index (χ2v) is 5.39. The molecule has 1 aromatic carbocycles. The highest BCUT2D eigenvalue weighted by molar-refractivity contribution is 6.80. The smallest absolute Gasteiger partial charge is 0.440 e. The molecule has 1 fully saturated rings. The summed E-state index contributed by atoms with van der Waals surface area (Å²) in [6, 6.07) is 8.02. The van der Waals surface area contributed by atoms with E-state index in [1.807, 2.05) is 48.6 Å². The molecule has 4 rings (SSSR count). The summed E-state index contributed by atoms with van der Waals surface area (Å²) >= 11 is 0. The first kappa shape index (κ1) is 13.1. The Morgan fingerprint density at radius 3 is 1.86 bits per heavy atom. The highest BCUT2D eigenvalue weighted by Gasteiger charge is 2.44. The molecule has 0 N–H and O–H groups in total. The van der Waals surface area contributed by atoms with Gasteiger partial charge < -0.3 is 13.7 Å². The van der Waals surface area contributed by atoms with Crippen LogP contribution in [0, 0.1) is 0 Å². The number of hydrogen-bond donors (Lipinski definition) is 0. The maximum absolute atomic E-state index is 6.03. The van der Waals surface area contributed by atoms with Crippen molar-refractivity contribution in [3.63, 3.8) is 0 Å². The van der Waals surface area contributed by atoms with Crippen LogP contribution < -0.4 is 5.46 Å². The van der Waals surface area contributed by atoms with E-state index in [-0.39, 0.29) is 33.0 Å². The van der Waals surface area contributed by atoms with Crippen molar-refractivity contribution in [3.8, 4) is 0 Å². The fraction of sp³-hybridized carbons (Fsp3) is 0.133. The van der Waals surface area contributed by atoms with E-state index in [2.05, 4.69) is 24.3 Å². The molecule has 0 spiro atoms. The van der Waals surface area contributed by atoms with E-state index in [4.69, 9.17) is 13.7 Å². The molecule has 3 nitrogen and oxygen atoms in total. The molecule has 0 amide bonds. The summed E-state index contributed by atoms with van der Waals surface area (Å²) in [6.45, 7) is 0. The molecule has 3 aliphatic rings. The van der Waals surface area contributed by atoms with Crippen LogP contribution in [0.4, 0.5) is 0 Å². The predicted molar refractivity (Wildman–Crippen MR) is 86.2 cm³/mol. The van der Waals surface area contributed by atoms with Crippen LogP contribution in [0.25, 0.3) is 0 Å². The Balaban J connectivity index is 1.57. The molecular weight excluding hydrogens is 261 g/mol. The molecule has 0 bridgehead atoms. The Kier molecular flexibility index (Phi) is 3.51. The average Bonchev–Trinajstić information content (AvgIpc) is 3.29. The molecule has 0 aromatic heterocycles. The molecule has 0 unspecified atom stereocenters. The third kappa shape index (κ3) is 2.62. The topological polar surface area (TPSA) is 27.7 Å². The van der Waals surface area contributed by atoms with Gasteiger partial charge in [-0.05, 0) is 0 Å². The van der Waals surface area contributed by atoms with Gasteiger partial charge in [-0.1, -0.05) is 48.6 Å². The minimum atomic E-state index is -0.381. The van der Waals surface area contributed by atoms with Crippen molar-refractivity contribution in [3.05, 3.63) is 72.9 Å². The van der Waals surface area contributed by atoms with E-state index in [0.29, 0.717) is 0 Å². The van der Waals surface area contributed by atoms with Crippen LogP contribution in [0.1, 0.15) is 0 Å². The molecule has 1 saturated heterocycles. The molecule has 6 heteroatoms. The molecule has 0 atom stereocenters. The quantitative estimate of drug-likeness (QED) is 0.624. The number of rotatable bonds is 3. The predicted octanol–water partition coefficient (Wildman–Crippen LogP) is 2.13. The van der Waals surface area contributed by atoms with Gasteiger partial charge in [-0.3, -0.25) is 0 Å². The highest BCUT2D eigenvalue weighted by atomic mass is 16.7. The van der Waals surface area contributed by atoms with Crippen molar-refractivity contribution in [1.29, 1.82) is 0 Å². The minimum absolute atomic E-state index is 0.142. The van der Waals surface area contributed by atoms with Gasteiger partial charge in [0, 0.05) is 11.6 Å². The van der Waals surface area contributed by atoms with Crippen molar-refractivity contribution in [2.75, 3.05) is 0 Å². The lowest BCUT2D eigenvalue weighted by molar-refractivity contribution is 0.285. The van der Waals surface area contributed by atoms with Crippen LogP contribution in [0.5, 0.6) is 0 Å². The zero-order valence-electron chi connectivity index (χ0n) is 11.5. The van der Waals surface area contributed by atoms with Crippen molar-refractivity contribution < 1.29 is 13.7 Å². The van der Waals surface area contributed by atoms with E-state index >= 15 is 0 Å². The molecule has 21 heavy (non-hydrogen) atoms. The van der Waals surface area contributed by atoms with Gasteiger partial charge in [0.2, 0.25) is 0 Å². The molecule has 2 aliphatic carbocycles. The second-order valence-electron chi connectivity index (χ2n) is 5.39. The largest absolute Gasteiger partial charge is 0.459 e. The van der Waals surface area contributed by atoms with E-state index in [0.717, 1.165) is 5.46 Å². The summed E-state index contributed by atoms with van der Waals surface area (Å²) in [5, 5.41) is 0. The van der Waals surface area contributed by atoms with Crippen LogP contribution in [0.2, 0.25) is 11.6 Å². The monoisotopic (exact) mass is 275 g/mol. The summed E-state index contributed by atoms with van der Waals surface area (Å²) in [7, 11) is -1.02. The van der Waals surface area contributed by atoms with Crippen LogP contribution in [0.3, 0.4) is 0 Å². The minimum Gasteiger partial charge on any atom is -0.459 e. The highest BCUT2D eigenvalue weighted by Crippen LogP contribution is 2.30. The molecule has 0 saturated carbocycles. The summed E-state index contributed by atoms with van der Waals surface area (Å²) in [6.07, 6.45) is 16.5. The fourth-order valence-corrected chi connectivity index (χ4v) is 2.80. The first-order valence-electron chi connectivity index (χ1n) is 7.28. The van der Waals surface area contributed by atoms with Crippen LogP contribution in [0.15, 0.2) is 72.9 Å². The summed E-state index contributed by atoms with van der Waals surface area (Å²) in [5.74, 6) is 0.284. The summed E-state index contributed by atoms with van der Waals surface area (Å²) < 4.78 is 18.1. The van der Waals surface area contributed by atoms with Gasteiger partial charge in [0.25, 0.3) is 0 Å². The Bertz CT molecular complexity index is 546. The fourth-order valence-electron chi connectivity index (χ4n) is 2.80. The van der Waals surface area contributed by atoms with Crippen molar-refractivity contribution in [2.24, 2.45) is 0 Å². The SMILES string of the molecule is C1=CC(B2OB(c3cc[cH-]c3)OB(C3C=CC=C3)O2)C=C1. The van der Waals surface area contributed by atoms with Crippen LogP contribution in [-0.4, -0.2) is 21.4 Å². The molecule has 102 valence electrons. The molecule has 1 aromatic rings. The van der Waals surface area contributed by atoms with E-state index in [9.17, 15) is 0 Å². The number of allylic oxidation sites excluding steroid dienone is 8. The van der Waals surface area contributed by atoms with Crippen molar-refractivity contribution >= 4 is 26.8 Å². The van der Waals surface area contributed by atoms with Gasteiger partial charge in [-0.15, -0.1) is 0 Å².